The van der Waals surface area contributed by atoms with Crippen LogP contribution in [0.2, 0.25) is 0 Å². The summed E-state index contributed by atoms with van der Waals surface area (Å²) in [5.74, 6) is 0.460. The van der Waals surface area contributed by atoms with Gasteiger partial charge >= 0.3 is 0 Å². The van der Waals surface area contributed by atoms with E-state index in [9.17, 15) is 0 Å². The first kappa shape index (κ1) is 10.9. The Morgan fingerprint density at radius 2 is 2.27 bits per heavy atom. The predicted molar refractivity (Wildman–Crippen MR) is 61.2 cm³/mol. The summed E-state index contributed by atoms with van der Waals surface area (Å²) < 4.78 is 2.02. The van der Waals surface area contributed by atoms with Crippen molar-refractivity contribution in [2.75, 3.05) is 0 Å². The van der Waals surface area contributed by atoms with Gasteiger partial charge in [0.15, 0.2) is 0 Å². The zero-order chi connectivity index (χ0) is 10.7. The lowest BCUT2D eigenvalue weighted by Crippen LogP contribution is -2.21. The van der Waals surface area contributed by atoms with Crippen molar-refractivity contribution < 1.29 is 0 Å². The Balaban J connectivity index is 2.15. The van der Waals surface area contributed by atoms with Crippen LogP contribution in [-0.4, -0.2) is 20.4 Å². The molecule has 1 fully saturated rings. The molecule has 15 heavy (non-hydrogen) atoms. The van der Waals surface area contributed by atoms with E-state index in [1.54, 1.807) is 0 Å². The molecule has 4 heteroatoms. The Bertz CT molecular complexity index is 311. The minimum atomic E-state index is 0.271. The summed E-state index contributed by atoms with van der Waals surface area (Å²) in [6.07, 6.45) is 7.84. The Labute approximate surface area is 95.8 Å². The van der Waals surface area contributed by atoms with Gasteiger partial charge in [-0.05, 0) is 19.3 Å². The average Bonchev–Trinajstić information content (AvgIpc) is 2.67. The predicted octanol–water partition coefficient (Wildman–Crippen LogP) is 2.95. The van der Waals surface area contributed by atoms with Gasteiger partial charge in [-0.25, -0.2) is 4.68 Å². The molecule has 1 aliphatic rings. The van der Waals surface area contributed by atoms with E-state index in [0.29, 0.717) is 5.92 Å². The summed E-state index contributed by atoms with van der Waals surface area (Å²) >= 11 is 6.38. The van der Waals surface area contributed by atoms with Crippen LogP contribution in [0.4, 0.5) is 0 Å². The van der Waals surface area contributed by atoms with E-state index >= 15 is 0 Å². The minimum Gasteiger partial charge on any atom is -0.249 e. The van der Waals surface area contributed by atoms with E-state index in [1.165, 1.54) is 25.0 Å². The van der Waals surface area contributed by atoms with Crippen molar-refractivity contribution >= 4 is 11.6 Å². The summed E-state index contributed by atoms with van der Waals surface area (Å²) in [6.45, 7) is 3.11. The number of aromatic nitrogens is 3. The molecule has 1 aromatic rings. The fourth-order valence-electron chi connectivity index (χ4n) is 2.36. The maximum Gasteiger partial charge on any atom is 0.0728 e. The fraction of sp³-hybridized carbons (Fsp3) is 0.818. The van der Waals surface area contributed by atoms with Crippen LogP contribution in [0.15, 0.2) is 6.20 Å². The van der Waals surface area contributed by atoms with Gasteiger partial charge in [0, 0.05) is 17.8 Å². The molecular weight excluding hydrogens is 210 g/mol. The smallest absolute Gasteiger partial charge is 0.0728 e. The lowest BCUT2D eigenvalue weighted by atomic mass is 9.86. The molecule has 0 N–H and O–H groups in total. The fourth-order valence-corrected chi connectivity index (χ4v) is 2.77. The second-order valence-corrected chi connectivity index (χ2v) is 4.85. The second kappa shape index (κ2) is 4.97. The van der Waals surface area contributed by atoms with Crippen molar-refractivity contribution in [3.63, 3.8) is 0 Å². The van der Waals surface area contributed by atoms with Gasteiger partial charge in [0.25, 0.3) is 0 Å². The summed E-state index contributed by atoms with van der Waals surface area (Å²) in [5, 5.41) is 8.40. The third-order valence-corrected chi connectivity index (χ3v) is 3.67. The van der Waals surface area contributed by atoms with Gasteiger partial charge in [-0.1, -0.05) is 25.0 Å². The quantitative estimate of drug-likeness (QED) is 0.744. The van der Waals surface area contributed by atoms with E-state index in [1.807, 2.05) is 10.9 Å². The number of nitrogens with zero attached hydrogens (tertiary/aromatic N) is 3. The van der Waals surface area contributed by atoms with Crippen LogP contribution in [0.25, 0.3) is 0 Å². The summed E-state index contributed by atoms with van der Waals surface area (Å²) in [5.41, 5.74) is 1.23. The number of rotatable bonds is 3. The molecule has 0 radical (unpaired) electrons. The van der Waals surface area contributed by atoms with E-state index in [0.717, 1.165) is 19.4 Å². The molecule has 84 valence electrons. The van der Waals surface area contributed by atoms with Crippen LogP contribution in [0.5, 0.6) is 0 Å². The van der Waals surface area contributed by atoms with Crippen molar-refractivity contribution in [1.82, 2.24) is 15.0 Å². The third kappa shape index (κ3) is 2.33. The van der Waals surface area contributed by atoms with Crippen LogP contribution in [0.1, 0.15) is 50.6 Å². The number of aryl methyl sites for hydroxylation is 1. The molecule has 0 amide bonds. The Morgan fingerprint density at radius 1 is 1.47 bits per heavy atom. The van der Waals surface area contributed by atoms with E-state index in [4.69, 9.17) is 11.6 Å². The van der Waals surface area contributed by atoms with Crippen molar-refractivity contribution in [2.24, 2.45) is 0 Å². The van der Waals surface area contributed by atoms with Crippen LogP contribution in [0.3, 0.4) is 0 Å². The standard InChI is InChI=1S/C11H18ClN3/c1-2-7-15-11(8-13-14-15)9-5-3-4-6-10(9)12/h8-10H,2-7H2,1H3. The Hall–Kier alpha value is -0.570. The normalized spacial score (nSPS) is 26.8. The molecule has 1 saturated carbocycles. The Kier molecular flexibility index (Phi) is 3.62. The second-order valence-electron chi connectivity index (χ2n) is 4.29. The highest BCUT2D eigenvalue weighted by atomic mass is 35.5. The molecule has 2 rings (SSSR count). The molecule has 0 aliphatic heterocycles. The van der Waals surface area contributed by atoms with Crippen molar-refractivity contribution in [1.29, 1.82) is 0 Å². The minimum absolute atomic E-state index is 0.271. The average molecular weight is 228 g/mol. The Morgan fingerprint density at radius 3 is 3.00 bits per heavy atom. The highest BCUT2D eigenvalue weighted by molar-refractivity contribution is 6.21. The highest BCUT2D eigenvalue weighted by Crippen LogP contribution is 2.35. The molecule has 2 unspecified atom stereocenters. The van der Waals surface area contributed by atoms with Crippen LogP contribution in [-0.2, 0) is 6.54 Å². The molecule has 0 saturated heterocycles. The molecule has 0 bridgehead atoms. The number of hydrogen-bond donors (Lipinski definition) is 0. The molecule has 1 aliphatic carbocycles. The largest absolute Gasteiger partial charge is 0.249 e. The first-order chi connectivity index (χ1) is 7.33. The third-order valence-electron chi connectivity index (χ3n) is 3.14. The lowest BCUT2D eigenvalue weighted by molar-refractivity contribution is 0.418. The molecular formula is C11H18ClN3. The van der Waals surface area contributed by atoms with Gasteiger partial charge in [-0.3, -0.25) is 0 Å². The first-order valence-corrected chi connectivity index (χ1v) is 6.29. The molecule has 2 atom stereocenters. The number of hydrogen-bond acceptors (Lipinski definition) is 2. The SMILES string of the molecule is CCCn1nncc1C1CCCCC1Cl. The molecule has 1 aromatic heterocycles. The van der Waals surface area contributed by atoms with Crippen LogP contribution < -0.4 is 0 Å². The summed E-state index contributed by atoms with van der Waals surface area (Å²) in [7, 11) is 0. The lowest BCUT2D eigenvalue weighted by Gasteiger charge is -2.26. The van der Waals surface area contributed by atoms with Gasteiger partial charge in [-0.15, -0.1) is 16.7 Å². The molecule has 3 nitrogen and oxygen atoms in total. The van der Waals surface area contributed by atoms with Crippen molar-refractivity contribution in [3.05, 3.63) is 11.9 Å². The molecule has 0 aromatic carbocycles. The maximum absolute atomic E-state index is 6.38. The van der Waals surface area contributed by atoms with Crippen molar-refractivity contribution in [2.45, 2.75) is 56.9 Å². The van der Waals surface area contributed by atoms with Gasteiger partial charge in [0.1, 0.15) is 0 Å². The summed E-state index contributed by atoms with van der Waals surface area (Å²) in [6, 6.07) is 0. The van der Waals surface area contributed by atoms with Gasteiger partial charge in [0.05, 0.1) is 11.9 Å². The van der Waals surface area contributed by atoms with Crippen LogP contribution in [0, 0.1) is 0 Å². The number of halogens is 1. The topological polar surface area (TPSA) is 30.7 Å². The van der Waals surface area contributed by atoms with E-state index < -0.39 is 0 Å². The molecule has 1 heterocycles. The van der Waals surface area contributed by atoms with E-state index in [2.05, 4.69) is 17.2 Å². The maximum atomic E-state index is 6.38. The first-order valence-electron chi connectivity index (χ1n) is 5.85. The zero-order valence-electron chi connectivity index (χ0n) is 9.19. The monoisotopic (exact) mass is 227 g/mol. The van der Waals surface area contributed by atoms with Crippen LogP contribution >= 0.6 is 11.6 Å². The number of alkyl halides is 1. The van der Waals surface area contributed by atoms with E-state index in [-0.39, 0.29) is 5.38 Å². The van der Waals surface area contributed by atoms with Crippen molar-refractivity contribution in [3.8, 4) is 0 Å². The van der Waals surface area contributed by atoms with Gasteiger partial charge in [0.2, 0.25) is 0 Å². The molecule has 0 spiro atoms. The zero-order valence-corrected chi connectivity index (χ0v) is 9.95. The summed E-state index contributed by atoms with van der Waals surface area (Å²) in [4.78, 5) is 0. The van der Waals surface area contributed by atoms with Gasteiger partial charge in [-0.2, -0.15) is 0 Å². The highest BCUT2D eigenvalue weighted by Gasteiger charge is 2.27. The van der Waals surface area contributed by atoms with Gasteiger partial charge < -0.3 is 0 Å².